The summed E-state index contributed by atoms with van der Waals surface area (Å²) in [5, 5.41) is 10.2. The molecule has 0 aromatic rings. The highest BCUT2D eigenvalue weighted by Gasteiger charge is 2.17. The molecule has 1 N–H and O–H groups in total. The van der Waals surface area contributed by atoms with Crippen molar-refractivity contribution in [1.82, 2.24) is 0 Å². The molecule has 0 heterocycles. The molecule has 2 unspecified atom stereocenters. The Hall–Kier alpha value is -0.370. The van der Waals surface area contributed by atoms with Crippen LogP contribution in [0.2, 0.25) is 0 Å². The molecular weight excluding hydrogens is 272 g/mol. The molecule has 22 heavy (non-hydrogen) atoms. The maximum Gasteiger partial charge on any atom is 0.125 e. The summed E-state index contributed by atoms with van der Waals surface area (Å²) < 4.78 is 0. The van der Waals surface area contributed by atoms with Crippen LogP contribution in [0.4, 0.5) is 0 Å². The van der Waals surface area contributed by atoms with E-state index in [2.05, 4.69) is 13.8 Å². The van der Waals surface area contributed by atoms with Gasteiger partial charge in [0.1, 0.15) is 6.29 Å². The van der Waals surface area contributed by atoms with Gasteiger partial charge in [-0.05, 0) is 12.8 Å². The molecule has 0 amide bonds. The topological polar surface area (TPSA) is 37.3 Å². The van der Waals surface area contributed by atoms with Crippen LogP contribution in [0.5, 0.6) is 0 Å². The second-order valence-corrected chi connectivity index (χ2v) is 6.83. The molecule has 0 spiro atoms. The molecule has 2 atom stereocenters. The fourth-order valence-corrected chi connectivity index (χ4v) is 3.04. The van der Waals surface area contributed by atoms with Gasteiger partial charge >= 0.3 is 0 Å². The minimum absolute atomic E-state index is 0.133. The lowest BCUT2D eigenvalue weighted by molar-refractivity contribution is -0.114. The van der Waals surface area contributed by atoms with Gasteiger partial charge in [0, 0.05) is 5.92 Å². The van der Waals surface area contributed by atoms with Crippen molar-refractivity contribution in [3.8, 4) is 0 Å². The number of aliphatic hydroxyl groups is 1. The molecule has 0 aliphatic carbocycles. The summed E-state index contributed by atoms with van der Waals surface area (Å²) in [6, 6.07) is 0. The van der Waals surface area contributed by atoms with E-state index < -0.39 is 6.10 Å². The smallest absolute Gasteiger partial charge is 0.125 e. The van der Waals surface area contributed by atoms with E-state index in [0.29, 0.717) is 0 Å². The van der Waals surface area contributed by atoms with Gasteiger partial charge in [-0.2, -0.15) is 0 Å². The van der Waals surface area contributed by atoms with Crippen molar-refractivity contribution in [2.75, 3.05) is 0 Å². The van der Waals surface area contributed by atoms with Crippen LogP contribution in [0, 0.1) is 5.92 Å². The molecule has 0 aliphatic rings. The number of hydrogen-bond acceptors (Lipinski definition) is 2. The summed E-state index contributed by atoms with van der Waals surface area (Å²) in [6.07, 6.45) is 18.5. The van der Waals surface area contributed by atoms with E-state index in [4.69, 9.17) is 0 Å². The lowest BCUT2D eigenvalue weighted by Gasteiger charge is -2.17. The van der Waals surface area contributed by atoms with E-state index >= 15 is 0 Å². The van der Waals surface area contributed by atoms with Gasteiger partial charge in [0.25, 0.3) is 0 Å². The number of aliphatic hydroxyl groups excluding tert-OH is 1. The summed E-state index contributed by atoms with van der Waals surface area (Å²) in [5.74, 6) is -0.133. The first-order chi connectivity index (χ1) is 10.8. The van der Waals surface area contributed by atoms with E-state index in [1.165, 1.54) is 70.6 Å². The largest absolute Gasteiger partial charge is 0.392 e. The van der Waals surface area contributed by atoms with Crippen LogP contribution in [0.3, 0.4) is 0 Å². The van der Waals surface area contributed by atoms with Crippen molar-refractivity contribution in [3.63, 3.8) is 0 Å². The lowest BCUT2D eigenvalue weighted by atomic mass is 9.92. The first kappa shape index (κ1) is 21.6. The van der Waals surface area contributed by atoms with Gasteiger partial charge in [-0.15, -0.1) is 0 Å². The normalized spacial score (nSPS) is 14.0. The number of unbranched alkanes of at least 4 members (excludes halogenated alkanes) is 11. The molecule has 0 aliphatic heterocycles. The fourth-order valence-electron chi connectivity index (χ4n) is 3.04. The maximum absolute atomic E-state index is 11.2. The van der Waals surface area contributed by atoms with Crippen molar-refractivity contribution in [3.05, 3.63) is 0 Å². The average Bonchev–Trinajstić information content (AvgIpc) is 2.53. The van der Waals surface area contributed by atoms with E-state index in [1.54, 1.807) is 0 Å². The van der Waals surface area contributed by atoms with E-state index in [1.807, 2.05) is 0 Å². The standard InChI is InChI=1S/C20H40O2/c1-3-5-7-9-11-13-15-17-20(22)19(18-21)16-14-12-10-8-6-4-2/h18-20,22H,3-17H2,1-2H3. The highest BCUT2D eigenvalue weighted by Crippen LogP contribution is 2.18. The van der Waals surface area contributed by atoms with Gasteiger partial charge < -0.3 is 9.90 Å². The zero-order valence-electron chi connectivity index (χ0n) is 15.2. The third kappa shape index (κ3) is 13.3. The Labute approximate surface area is 139 Å². The molecule has 0 saturated heterocycles. The minimum atomic E-state index is -0.413. The lowest BCUT2D eigenvalue weighted by Crippen LogP contribution is -2.21. The van der Waals surface area contributed by atoms with Crippen molar-refractivity contribution < 1.29 is 9.90 Å². The van der Waals surface area contributed by atoms with Crippen LogP contribution in [0.25, 0.3) is 0 Å². The van der Waals surface area contributed by atoms with Crippen LogP contribution in [0.15, 0.2) is 0 Å². The summed E-state index contributed by atoms with van der Waals surface area (Å²) in [5.41, 5.74) is 0. The predicted octanol–water partition coefficient (Wildman–Crippen LogP) is 6.05. The molecule has 0 aromatic carbocycles. The molecule has 0 radical (unpaired) electrons. The van der Waals surface area contributed by atoms with E-state index in [0.717, 1.165) is 32.0 Å². The van der Waals surface area contributed by atoms with Crippen LogP contribution in [0.1, 0.15) is 110 Å². The highest BCUT2D eigenvalue weighted by atomic mass is 16.3. The minimum Gasteiger partial charge on any atom is -0.392 e. The average molecular weight is 313 g/mol. The molecule has 0 aromatic heterocycles. The molecule has 0 rings (SSSR count). The summed E-state index contributed by atoms with van der Waals surface area (Å²) in [6.45, 7) is 4.46. The van der Waals surface area contributed by atoms with Crippen molar-refractivity contribution >= 4 is 6.29 Å². The quantitative estimate of drug-likeness (QED) is 0.262. The predicted molar refractivity (Wildman–Crippen MR) is 96.2 cm³/mol. The Bertz CT molecular complexity index is 228. The molecule has 0 bridgehead atoms. The Morgan fingerprint density at radius 3 is 1.55 bits per heavy atom. The first-order valence-corrected chi connectivity index (χ1v) is 9.89. The van der Waals surface area contributed by atoms with Gasteiger partial charge in [0.05, 0.1) is 6.10 Å². The van der Waals surface area contributed by atoms with Gasteiger partial charge in [-0.1, -0.05) is 97.3 Å². The van der Waals surface area contributed by atoms with Crippen molar-refractivity contribution in [1.29, 1.82) is 0 Å². The van der Waals surface area contributed by atoms with E-state index in [-0.39, 0.29) is 5.92 Å². The van der Waals surface area contributed by atoms with Crippen LogP contribution < -0.4 is 0 Å². The summed E-state index contributed by atoms with van der Waals surface area (Å²) >= 11 is 0. The molecule has 2 nitrogen and oxygen atoms in total. The second kappa shape index (κ2) is 17.0. The fraction of sp³-hybridized carbons (Fsp3) is 0.950. The number of carbonyl (C=O) groups is 1. The van der Waals surface area contributed by atoms with Gasteiger partial charge in [0.15, 0.2) is 0 Å². The molecular formula is C20H40O2. The van der Waals surface area contributed by atoms with Crippen LogP contribution >= 0.6 is 0 Å². The zero-order chi connectivity index (χ0) is 16.5. The molecule has 132 valence electrons. The number of carbonyl (C=O) groups excluding carboxylic acids is 1. The van der Waals surface area contributed by atoms with Crippen molar-refractivity contribution in [2.24, 2.45) is 5.92 Å². The van der Waals surface area contributed by atoms with Crippen LogP contribution in [-0.2, 0) is 4.79 Å². The summed E-state index contributed by atoms with van der Waals surface area (Å²) in [4.78, 5) is 11.2. The Kier molecular flexibility index (Phi) is 16.7. The highest BCUT2D eigenvalue weighted by molar-refractivity contribution is 5.54. The molecule has 0 fully saturated rings. The number of rotatable bonds is 17. The van der Waals surface area contributed by atoms with Crippen molar-refractivity contribution in [2.45, 2.75) is 116 Å². The molecule has 0 saturated carbocycles. The Balaban J connectivity index is 3.55. The molecule has 2 heteroatoms. The summed E-state index contributed by atoms with van der Waals surface area (Å²) in [7, 11) is 0. The van der Waals surface area contributed by atoms with Gasteiger partial charge in [-0.3, -0.25) is 0 Å². The zero-order valence-corrected chi connectivity index (χ0v) is 15.2. The number of aldehydes is 1. The van der Waals surface area contributed by atoms with Gasteiger partial charge in [-0.25, -0.2) is 0 Å². The van der Waals surface area contributed by atoms with Gasteiger partial charge in [0.2, 0.25) is 0 Å². The SMILES string of the molecule is CCCCCCCCCC(O)C(C=O)CCCCCCCC. The third-order valence-corrected chi connectivity index (χ3v) is 4.66. The first-order valence-electron chi connectivity index (χ1n) is 9.89. The Morgan fingerprint density at radius 1 is 0.682 bits per heavy atom. The second-order valence-electron chi connectivity index (χ2n) is 6.83. The third-order valence-electron chi connectivity index (χ3n) is 4.66. The van der Waals surface area contributed by atoms with E-state index in [9.17, 15) is 9.90 Å². The maximum atomic E-state index is 11.2. The monoisotopic (exact) mass is 312 g/mol. The number of hydrogen-bond donors (Lipinski definition) is 1. The van der Waals surface area contributed by atoms with Crippen LogP contribution in [-0.4, -0.2) is 17.5 Å². The Morgan fingerprint density at radius 2 is 1.09 bits per heavy atom.